The molecule has 8 heavy (non-hydrogen) atoms. The summed E-state index contributed by atoms with van der Waals surface area (Å²) >= 11 is 0. The lowest BCUT2D eigenvalue weighted by molar-refractivity contribution is 0.748. The van der Waals surface area contributed by atoms with Gasteiger partial charge >= 0.3 is 0 Å². The molecule has 0 aromatic carbocycles. The first-order chi connectivity index (χ1) is 3.66. The van der Waals surface area contributed by atoms with E-state index in [1.807, 2.05) is 5.70 Å². The van der Waals surface area contributed by atoms with Crippen LogP contribution in [-0.2, 0) is 0 Å². The smallest absolute Gasteiger partial charge is 0.130 e. The molecule has 0 heterocycles. The van der Waals surface area contributed by atoms with Crippen molar-refractivity contribution in [3.8, 4) is 0 Å². The van der Waals surface area contributed by atoms with Gasteiger partial charge in [0.2, 0.25) is 0 Å². The zero-order chi connectivity index (χ0) is 6.57. The third-order valence-electron chi connectivity index (χ3n) is 0.950. The largest absolute Gasteiger partial charge is 0.334 e. The Morgan fingerprint density at radius 2 is 2.12 bits per heavy atom. The Bertz CT molecular complexity index is 70.9. The predicted molar refractivity (Wildman–Crippen MR) is 41.5 cm³/mol. The van der Waals surface area contributed by atoms with E-state index >= 15 is 0 Å². The topological polar surface area (TPSA) is 12.0 Å². The van der Waals surface area contributed by atoms with E-state index in [0.29, 0.717) is 6.04 Å². The van der Waals surface area contributed by atoms with Crippen molar-refractivity contribution in [2.45, 2.75) is 26.4 Å². The van der Waals surface area contributed by atoms with Crippen molar-refractivity contribution in [3.63, 3.8) is 0 Å². The summed E-state index contributed by atoms with van der Waals surface area (Å²) in [5.41, 5.74) is 2.04. The quantitative estimate of drug-likeness (QED) is 0.562. The van der Waals surface area contributed by atoms with Crippen LogP contribution in [0.4, 0.5) is 0 Å². The SMILES string of the molecule is C=C[SiH](C)NC(C)C. The van der Waals surface area contributed by atoms with E-state index in [0.717, 1.165) is 0 Å². The summed E-state index contributed by atoms with van der Waals surface area (Å²) in [6.45, 7) is 10.3. The van der Waals surface area contributed by atoms with Gasteiger partial charge in [-0.3, -0.25) is 0 Å². The summed E-state index contributed by atoms with van der Waals surface area (Å²) in [5.74, 6) is 0. The fourth-order valence-electron chi connectivity index (χ4n) is 0.594. The molecular weight excluding hydrogens is 114 g/mol. The van der Waals surface area contributed by atoms with Gasteiger partial charge in [0, 0.05) is 0 Å². The highest BCUT2D eigenvalue weighted by Crippen LogP contribution is 1.80. The Hall–Kier alpha value is -0.0831. The molecule has 1 nitrogen and oxygen atoms in total. The standard InChI is InChI=1S/C6H15NSi/c1-5-8(4)7-6(2)3/h5-8H,1H2,2-4H3. The molecule has 0 aliphatic heterocycles. The number of rotatable bonds is 3. The van der Waals surface area contributed by atoms with E-state index in [1.54, 1.807) is 0 Å². The first kappa shape index (κ1) is 7.92. The maximum atomic E-state index is 3.71. The van der Waals surface area contributed by atoms with Gasteiger partial charge in [0.1, 0.15) is 8.96 Å². The maximum absolute atomic E-state index is 3.71. The van der Waals surface area contributed by atoms with E-state index in [1.165, 1.54) is 0 Å². The molecule has 1 unspecified atom stereocenters. The molecule has 0 amide bonds. The van der Waals surface area contributed by atoms with Crippen LogP contribution >= 0.6 is 0 Å². The summed E-state index contributed by atoms with van der Waals surface area (Å²) < 4.78 is 0. The number of hydrogen-bond donors (Lipinski definition) is 1. The minimum atomic E-state index is -0.725. The van der Waals surface area contributed by atoms with Crippen molar-refractivity contribution in [1.82, 2.24) is 4.98 Å². The number of hydrogen-bond acceptors (Lipinski definition) is 1. The molecule has 0 rings (SSSR count). The molecule has 0 saturated heterocycles. The predicted octanol–water partition coefficient (Wildman–Crippen LogP) is 1.06. The molecule has 1 atom stereocenters. The van der Waals surface area contributed by atoms with Crippen LogP contribution in [-0.4, -0.2) is 15.0 Å². The maximum Gasteiger partial charge on any atom is 0.130 e. The van der Waals surface area contributed by atoms with Crippen molar-refractivity contribution in [2.24, 2.45) is 0 Å². The van der Waals surface area contributed by atoms with Gasteiger partial charge in [0.05, 0.1) is 0 Å². The van der Waals surface area contributed by atoms with E-state index < -0.39 is 8.96 Å². The van der Waals surface area contributed by atoms with E-state index in [2.05, 4.69) is 32.0 Å². The summed E-state index contributed by atoms with van der Waals surface area (Å²) in [5, 5.41) is 0. The van der Waals surface area contributed by atoms with E-state index in [9.17, 15) is 0 Å². The summed E-state index contributed by atoms with van der Waals surface area (Å²) in [7, 11) is -0.725. The fourth-order valence-corrected chi connectivity index (χ4v) is 1.78. The van der Waals surface area contributed by atoms with Crippen LogP contribution in [0.1, 0.15) is 13.8 Å². The molecule has 0 spiro atoms. The summed E-state index contributed by atoms with van der Waals surface area (Å²) in [6.07, 6.45) is 0. The lowest BCUT2D eigenvalue weighted by atomic mass is 10.4. The average Bonchev–Trinajstić information content (AvgIpc) is 1.65. The summed E-state index contributed by atoms with van der Waals surface area (Å²) in [4.78, 5) is 3.41. The van der Waals surface area contributed by atoms with Crippen LogP contribution in [0, 0.1) is 0 Å². The Morgan fingerprint density at radius 1 is 1.62 bits per heavy atom. The molecule has 1 N–H and O–H groups in total. The van der Waals surface area contributed by atoms with Gasteiger partial charge < -0.3 is 4.98 Å². The van der Waals surface area contributed by atoms with Crippen LogP contribution in [0.3, 0.4) is 0 Å². The second kappa shape index (κ2) is 3.86. The van der Waals surface area contributed by atoms with Crippen molar-refractivity contribution in [1.29, 1.82) is 0 Å². The minimum Gasteiger partial charge on any atom is -0.334 e. The molecular formula is C6H15NSi. The van der Waals surface area contributed by atoms with Gasteiger partial charge in [-0.2, -0.15) is 0 Å². The van der Waals surface area contributed by atoms with Crippen LogP contribution < -0.4 is 4.98 Å². The third-order valence-corrected chi connectivity index (χ3v) is 2.85. The van der Waals surface area contributed by atoms with Gasteiger partial charge in [0.15, 0.2) is 0 Å². The van der Waals surface area contributed by atoms with Gasteiger partial charge in [-0.1, -0.05) is 26.1 Å². The Morgan fingerprint density at radius 3 is 2.25 bits per heavy atom. The molecule has 0 aliphatic rings. The normalized spacial score (nSPS) is 14.0. The highest BCUT2D eigenvalue weighted by Gasteiger charge is 1.97. The molecule has 2 heteroatoms. The minimum absolute atomic E-state index is 0.620. The average molecular weight is 129 g/mol. The molecule has 0 radical (unpaired) electrons. The summed E-state index contributed by atoms with van der Waals surface area (Å²) in [6, 6.07) is 0.620. The lowest BCUT2D eigenvalue weighted by Crippen LogP contribution is -2.34. The van der Waals surface area contributed by atoms with Crippen molar-refractivity contribution < 1.29 is 0 Å². The molecule has 0 aromatic rings. The van der Waals surface area contributed by atoms with Crippen molar-refractivity contribution >= 4 is 8.96 Å². The van der Waals surface area contributed by atoms with Crippen LogP contribution in [0.5, 0.6) is 0 Å². The highest BCUT2D eigenvalue weighted by atomic mass is 28.3. The van der Waals surface area contributed by atoms with Gasteiger partial charge in [-0.25, -0.2) is 0 Å². The zero-order valence-corrected chi connectivity index (χ0v) is 7.09. The fraction of sp³-hybridized carbons (Fsp3) is 0.667. The third kappa shape index (κ3) is 4.09. The molecule has 48 valence electrons. The Balaban J connectivity index is 3.23. The molecule has 0 fully saturated rings. The van der Waals surface area contributed by atoms with Gasteiger partial charge in [0.25, 0.3) is 0 Å². The van der Waals surface area contributed by atoms with Crippen molar-refractivity contribution in [2.75, 3.05) is 0 Å². The highest BCUT2D eigenvalue weighted by molar-refractivity contribution is 6.60. The molecule has 0 aliphatic carbocycles. The lowest BCUT2D eigenvalue weighted by Gasteiger charge is -2.09. The molecule has 0 aromatic heterocycles. The van der Waals surface area contributed by atoms with Crippen LogP contribution in [0.15, 0.2) is 12.3 Å². The Labute approximate surface area is 53.5 Å². The first-order valence-corrected chi connectivity index (χ1v) is 5.45. The van der Waals surface area contributed by atoms with Crippen LogP contribution in [0.2, 0.25) is 6.55 Å². The second-order valence-electron chi connectivity index (χ2n) is 2.35. The van der Waals surface area contributed by atoms with E-state index in [-0.39, 0.29) is 0 Å². The van der Waals surface area contributed by atoms with E-state index in [4.69, 9.17) is 0 Å². The second-order valence-corrected chi connectivity index (χ2v) is 4.73. The van der Waals surface area contributed by atoms with Gasteiger partial charge in [-0.15, -0.1) is 6.58 Å². The molecule has 0 bridgehead atoms. The molecule has 0 saturated carbocycles. The Kier molecular flexibility index (Phi) is 3.82. The van der Waals surface area contributed by atoms with Crippen LogP contribution in [0.25, 0.3) is 0 Å². The monoisotopic (exact) mass is 129 g/mol. The first-order valence-electron chi connectivity index (χ1n) is 3.05. The van der Waals surface area contributed by atoms with Gasteiger partial charge in [-0.05, 0) is 6.04 Å². The zero-order valence-electron chi connectivity index (χ0n) is 5.94. The number of nitrogens with one attached hydrogen (secondary N) is 1. The van der Waals surface area contributed by atoms with Crippen molar-refractivity contribution in [3.05, 3.63) is 12.3 Å².